The molecule has 1 heterocycles. The largest absolute Gasteiger partial charge is 0.497 e. The van der Waals surface area contributed by atoms with Crippen LogP contribution in [0.2, 0.25) is 0 Å². The van der Waals surface area contributed by atoms with Gasteiger partial charge in [0, 0.05) is 24.1 Å². The molecule has 2 aromatic rings. The molecular weight excluding hydrogens is 316 g/mol. The van der Waals surface area contributed by atoms with Crippen LogP contribution >= 0.6 is 0 Å². The standard InChI is InChI=1S/C16H18N2O6/c1-9(15(20)18-16(21)17-2)24-14(19)6-10-8-23-13-7-11(22-3)4-5-12(10)13/h4-5,7-9H,6H2,1-3H3,(H2,17,18,20,21)/t9-/m1/s1. The maximum atomic E-state index is 12.0. The van der Waals surface area contributed by atoms with Gasteiger partial charge in [-0.1, -0.05) is 0 Å². The number of furan rings is 1. The highest BCUT2D eigenvalue weighted by Crippen LogP contribution is 2.26. The molecule has 0 spiro atoms. The van der Waals surface area contributed by atoms with Crippen molar-refractivity contribution < 1.29 is 28.3 Å². The number of carbonyl (C=O) groups is 3. The Labute approximate surface area is 138 Å². The number of imide groups is 1. The zero-order valence-corrected chi connectivity index (χ0v) is 13.5. The molecule has 0 saturated carbocycles. The van der Waals surface area contributed by atoms with Gasteiger partial charge in [-0.05, 0) is 19.1 Å². The second kappa shape index (κ2) is 7.49. The van der Waals surface area contributed by atoms with E-state index in [-0.39, 0.29) is 6.42 Å². The lowest BCUT2D eigenvalue weighted by Gasteiger charge is -2.12. The first-order chi connectivity index (χ1) is 11.4. The van der Waals surface area contributed by atoms with Crippen molar-refractivity contribution in [2.75, 3.05) is 14.2 Å². The van der Waals surface area contributed by atoms with Gasteiger partial charge in [0.25, 0.3) is 5.91 Å². The van der Waals surface area contributed by atoms with Crippen molar-refractivity contribution in [1.82, 2.24) is 10.6 Å². The van der Waals surface area contributed by atoms with E-state index in [1.807, 2.05) is 5.32 Å². The van der Waals surface area contributed by atoms with Crippen molar-refractivity contribution in [3.8, 4) is 5.75 Å². The predicted molar refractivity (Wildman–Crippen MR) is 84.6 cm³/mol. The van der Waals surface area contributed by atoms with Crippen molar-refractivity contribution in [1.29, 1.82) is 0 Å². The topological polar surface area (TPSA) is 107 Å². The summed E-state index contributed by atoms with van der Waals surface area (Å²) in [5, 5.41) is 5.03. The predicted octanol–water partition coefficient (Wildman–Crippen LogP) is 1.37. The first-order valence-electron chi connectivity index (χ1n) is 7.20. The maximum Gasteiger partial charge on any atom is 0.321 e. The lowest BCUT2D eigenvalue weighted by molar-refractivity contribution is -0.153. The van der Waals surface area contributed by atoms with Gasteiger partial charge in [0.2, 0.25) is 0 Å². The molecule has 0 aliphatic carbocycles. The molecule has 1 atom stereocenters. The molecule has 0 bridgehead atoms. The van der Waals surface area contributed by atoms with Gasteiger partial charge >= 0.3 is 12.0 Å². The summed E-state index contributed by atoms with van der Waals surface area (Å²) in [6, 6.07) is 4.58. The molecule has 0 saturated heterocycles. The molecule has 0 radical (unpaired) electrons. The number of urea groups is 1. The van der Waals surface area contributed by atoms with Crippen LogP contribution in [0.4, 0.5) is 4.79 Å². The lowest BCUT2D eigenvalue weighted by atomic mass is 10.1. The van der Waals surface area contributed by atoms with Gasteiger partial charge in [0.1, 0.15) is 11.3 Å². The Bertz CT molecular complexity index is 767. The number of carbonyl (C=O) groups excluding carboxylic acids is 3. The summed E-state index contributed by atoms with van der Waals surface area (Å²) in [5.74, 6) is -0.664. The fraction of sp³-hybridized carbons (Fsp3) is 0.312. The van der Waals surface area contributed by atoms with E-state index in [2.05, 4.69) is 5.32 Å². The van der Waals surface area contributed by atoms with E-state index in [0.717, 1.165) is 5.39 Å². The Morgan fingerprint density at radius 2 is 2.04 bits per heavy atom. The highest BCUT2D eigenvalue weighted by molar-refractivity contribution is 5.97. The van der Waals surface area contributed by atoms with Crippen molar-refractivity contribution in [3.63, 3.8) is 0 Å². The Morgan fingerprint density at radius 3 is 2.71 bits per heavy atom. The average Bonchev–Trinajstić information content (AvgIpc) is 2.96. The molecule has 24 heavy (non-hydrogen) atoms. The molecule has 1 aromatic carbocycles. The number of ether oxygens (including phenoxy) is 2. The van der Waals surface area contributed by atoms with Gasteiger partial charge in [0.05, 0.1) is 19.8 Å². The third-order valence-corrected chi connectivity index (χ3v) is 3.34. The first kappa shape index (κ1) is 17.3. The van der Waals surface area contributed by atoms with Gasteiger partial charge < -0.3 is 19.2 Å². The quantitative estimate of drug-likeness (QED) is 0.800. The molecule has 2 rings (SSSR count). The van der Waals surface area contributed by atoms with Crippen LogP contribution in [0.15, 0.2) is 28.9 Å². The minimum atomic E-state index is -1.09. The highest BCUT2D eigenvalue weighted by atomic mass is 16.5. The van der Waals surface area contributed by atoms with E-state index >= 15 is 0 Å². The summed E-state index contributed by atoms with van der Waals surface area (Å²) in [5.41, 5.74) is 1.22. The summed E-state index contributed by atoms with van der Waals surface area (Å²) in [6.07, 6.45) is 0.311. The highest BCUT2D eigenvalue weighted by Gasteiger charge is 2.20. The monoisotopic (exact) mass is 334 g/mol. The molecule has 2 N–H and O–H groups in total. The molecule has 0 aliphatic rings. The number of nitrogens with one attached hydrogen (secondary N) is 2. The number of hydrogen-bond donors (Lipinski definition) is 2. The fourth-order valence-electron chi connectivity index (χ4n) is 2.05. The van der Waals surface area contributed by atoms with Crippen LogP contribution in [0.5, 0.6) is 5.75 Å². The van der Waals surface area contributed by atoms with Gasteiger partial charge in [-0.2, -0.15) is 0 Å². The molecular formula is C16H18N2O6. The lowest BCUT2D eigenvalue weighted by Crippen LogP contribution is -2.43. The number of amides is 3. The second-order valence-corrected chi connectivity index (χ2v) is 5.00. The molecule has 0 fully saturated rings. The molecule has 1 aromatic heterocycles. The Hall–Kier alpha value is -3.03. The Morgan fingerprint density at radius 1 is 1.29 bits per heavy atom. The van der Waals surface area contributed by atoms with Gasteiger partial charge in [-0.15, -0.1) is 0 Å². The summed E-state index contributed by atoms with van der Waals surface area (Å²) >= 11 is 0. The van der Waals surface area contributed by atoms with Crippen molar-refractivity contribution in [2.24, 2.45) is 0 Å². The zero-order chi connectivity index (χ0) is 17.7. The smallest absolute Gasteiger partial charge is 0.321 e. The summed E-state index contributed by atoms with van der Waals surface area (Å²) in [4.78, 5) is 34.7. The number of rotatable bonds is 5. The van der Waals surface area contributed by atoms with Crippen molar-refractivity contribution in [3.05, 3.63) is 30.0 Å². The normalized spacial score (nSPS) is 11.6. The van der Waals surface area contributed by atoms with E-state index in [1.165, 1.54) is 20.2 Å². The van der Waals surface area contributed by atoms with Crippen LogP contribution in [0.1, 0.15) is 12.5 Å². The van der Waals surface area contributed by atoms with Crippen LogP contribution in [0.3, 0.4) is 0 Å². The number of fused-ring (bicyclic) bond motifs is 1. The van der Waals surface area contributed by atoms with Crippen molar-refractivity contribution >= 4 is 28.9 Å². The minimum absolute atomic E-state index is 0.0586. The molecule has 128 valence electrons. The molecule has 0 aliphatic heterocycles. The summed E-state index contributed by atoms with van der Waals surface area (Å²) in [6.45, 7) is 1.38. The van der Waals surface area contributed by atoms with Gasteiger partial charge in [-0.25, -0.2) is 4.79 Å². The minimum Gasteiger partial charge on any atom is -0.497 e. The van der Waals surface area contributed by atoms with Crippen LogP contribution in [0, 0.1) is 0 Å². The van der Waals surface area contributed by atoms with Crippen LogP contribution < -0.4 is 15.4 Å². The number of methoxy groups -OCH3 is 1. The van der Waals surface area contributed by atoms with Crippen LogP contribution in [0.25, 0.3) is 11.0 Å². The fourth-order valence-corrected chi connectivity index (χ4v) is 2.05. The van der Waals surface area contributed by atoms with Crippen LogP contribution in [-0.4, -0.2) is 38.2 Å². The SMILES string of the molecule is CNC(=O)NC(=O)[C@@H](C)OC(=O)Cc1coc2cc(OC)ccc12. The van der Waals surface area contributed by atoms with E-state index in [1.54, 1.807) is 25.3 Å². The van der Waals surface area contributed by atoms with E-state index < -0.39 is 24.0 Å². The summed E-state index contributed by atoms with van der Waals surface area (Å²) < 4.78 is 15.5. The molecule has 3 amide bonds. The van der Waals surface area contributed by atoms with Crippen molar-refractivity contribution in [2.45, 2.75) is 19.4 Å². The van der Waals surface area contributed by atoms with E-state index in [0.29, 0.717) is 16.9 Å². The Kier molecular flexibility index (Phi) is 5.41. The van der Waals surface area contributed by atoms with Gasteiger partial charge in [-0.3, -0.25) is 14.9 Å². The van der Waals surface area contributed by atoms with Gasteiger partial charge in [0.15, 0.2) is 6.10 Å². The number of benzene rings is 1. The third-order valence-electron chi connectivity index (χ3n) is 3.34. The number of hydrogen-bond acceptors (Lipinski definition) is 6. The number of esters is 1. The summed E-state index contributed by atoms with van der Waals surface area (Å²) in [7, 11) is 2.92. The first-order valence-corrected chi connectivity index (χ1v) is 7.20. The molecule has 8 nitrogen and oxygen atoms in total. The maximum absolute atomic E-state index is 12.0. The van der Waals surface area contributed by atoms with E-state index in [4.69, 9.17) is 13.9 Å². The van der Waals surface area contributed by atoms with E-state index in [9.17, 15) is 14.4 Å². The molecule has 8 heteroatoms. The van der Waals surface area contributed by atoms with Crippen LogP contribution in [-0.2, 0) is 20.7 Å². The second-order valence-electron chi connectivity index (χ2n) is 5.00. The molecule has 0 unspecified atom stereocenters. The average molecular weight is 334 g/mol. The Balaban J connectivity index is 1.99. The zero-order valence-electron chi connectivity index (χ0n) is 13.5. The third kappa shape index (κ3) is 4.03.